The van der Waals surface area contributed by atoms with Gasteiger partial charge in [0, 0.05) is 11.8 Å². The SMILES string of the molecule is CCCOc1cccc(NC2=C(c3ccc(OC)c(OC)c3)C(=O)N(CCOC(C)C)C2=O)c1. The second-order valence-corrected chi connectivity index (χ2v) is 8.00. The average molecular weight is 469 g/mol. The van der Waals surface area contributed by atoms with Crippen molar-refractivity contribution in [2.45, 2.75) is 33.3 Å². The highest BCUT2D eigenvalue weighted by atomic mass is 16.5. The number of anilines is 1. The van der Waals surface area contributed by atoms with Crippen LogP contribution in [0.1, 0.15) is 32.8 Å². The van der Waals surface area contributed by atoms with Crippen molar-refractivity contribution in [3.8, 4) is 17.2 Å². The second-order valence-electron chi connectivity index (χ2n) is 8.00. The van der Waals surface area contributed by atoms with Gasteiger partial charge < -0.3 is 24.3 Å². The molecule has 0 unspecified atom stereocenters. The van der Waals surface area contributed by atoms with E-state index in [1.165, 1.54) is 19.1 Å². The first-order valence-corrected chi connectivity index (χ1v) is 11.3. The van der Waals surface area contributed by atoms with Gasteiger partial charge in [0.2, 0.25) is 0 Å². The van der Waals surface area contributed by atoms with Gasteiger partial charge in [0.05, 0.1) is 45.7 Å². The lowest BCUT2D eigenvalue weighted by Crippen LogP contribution is -2.35. The summed E-state index contributed by atoms with van der Waals surface area (Å²) in [4.78, 5) is 28.0. The number of methoxy groups -OCH3 is 2. The molecule has 0 fully saturated rings. The van der Waals surface area contributed by atoms with Crippen molar-refractivity contribution in [3.05, 3.63) is 53.7 Å². The van der Waals surface area contributed by atoms with Crippen molar-refractivity contribution in [2.24, 2.45) is 0 Å². The Hall–Kier alpha value is -3.52. The van der Waals surface area contributed by atoms with Crippen molar-refractivity contribution in [2.75, 3.05) is 39.3 Å². The van der Waals surface area contributed by atoms with Gasteiger partial charge in [0.25, 0.3) is 11.8 Å². The Balaban J connectivity index is 2.00. The zero-order valence-electron chi connectivity index (χ0n) is 20.3. The molecule has 0 saturated heterocycles. The summed E-state index contributed by atoms with van der Waals surface area (Å²) >= 11 is 0. The van der Waals surface area contributed by atoms with Crippen LogP contribution < -0.4 is 19.5 Å². The Morgan fingerprint density at radius 2 is 1.71 bits per heavy atom. The standard InChI is InChI=1S/C26H32N2O6/c1-6-13-34-20-9-7-8-19(16-20)27-24-23(18-10-11-21(31-4)22(15-18)32-5)25(29)28(26(24)30)12-14-33-17(2)3/h7-11,15-17,27H,6,12-14H2,1-5H3. The molecule has 1 N–H and O–H groups in total. The summed E-state index contributed by atoms with van der Waals surface area (Å²) in [7, 11) is 3.06. The highest BCUT2D eigenvalue weighted by Gasteiger charge is 2.39. The maximum atomic E-state index is 13.4. The summed E-state index contributed by atoms with van der Waals surface area (Å²) in [5, 5.41) is 3.16. The highest BCUT2D eigenvalue weighted by molar-refractivity contribution is 6.36. The van der Waals surface area contributed by atoms with E-state index in [2.05, 4.69) is 5.32 Å². The fourth-order valence-electron chi connectivity index (χ4n) is 3.56. The third-order valence-electron chi connectivity index (χ3n) is 5.18. The topological polar surface area (TPSA) is 86.3 Å². The summed E-state index contributed by atoms with van der Waals surface area (Å²) in [5.74, 6) is 0.858. The number of hydrogen-bond donors (Lipinski definition) is 1. The van der Waals surface area contributed by atoms with Gasteiger partial charge >= 0.3 is 0 Å². The molecule has 8 heteroatoms. The number of benzene rings is 2. The Bertz CT molecular complexity index is 1060. The molecule has 1 aliphatic rings. The molecule has 2 aromatic rings. The van der Waals surface area contributed by atoms with Gasteiger partial charge in [-0.1, -0.05) is 19.1 Å². The van der Waals surface area contributed by atoms with E-state index < -0.39 is 11.8 Å². The first kappa shape index (κ1) is 25.1. The summed E-state index contributed by atoms with van der Waals surface area (Å²) in [6.45, 7) is 6.83. The number of carbonyl (C=O) groups excluding carboxylic acids is 2. The van der Waals surface area contributed by atoms with Crippen molar-refractivity contribution in [1.82, 2.24) is 4.90 Å². The molecular formula is C26H32N2O6. The quantitative estimate of drug-likeness (QED) is 0.469. The monoisotopic (exact) mass is 468 g/mol. The summed E-state index contributed by atoms with van der Waals surface area (Å²) in [6, 6.07) is 12.4. The minimum Gasteiger partial charge on any atom is -0.494 e. The zero-order valence-corrected chi connectivity index (χ0v) is 20.3. The highest BCUT2D eigenvalue weighted by Crippen LogP contribution is 2.36. The van der Waals surface area contributed by atoms with E-state index in [1.54, 1.807) is 24.3 Å². The molecule has 8 nitrogen and oxygen atoms in total. The normalized spacial score (nSPS) is 13.6. The predicted octanol–water partition coefficient (Wildman–Crippen LogP) is 4.11. The van der Waals surface area contributed by atoms with Gasteiger partial charge in [-0.25, -0.2) is 0 Å². The number of ether oxygens (including phenoxy) is 4. The first-order chi connectivity index (χ1) is 16.4. The summed E-state index contributed by atoms with van der Waals surface area (Å²) < 4.78 is 22.0. The molecule has 0 aliphatic carbocycles. The first-order valence-electron chi connectivity index (χ1n) is 11.3. The van der Waals surface area contributed by atoms with Crippen LogP contribution >= 0.6 is 0 Å². The van der Waals surface area contributed by atoms with Crippen molar-refractivity contribution in [1.29, 1.82) is 0 Å². The zero-order chi connectivity index (χ0) is 24.7. The molecule has 0 saturated carbocycles. The molecule has 0 radical (unpaired) electrons. The van der Waals surface area contributed by atoms with Crippen LogP contribution in [-0.4, -0.2) is 56.8 Å². The average Bonchev–Trinajstić information content (AvgIpc) is 3.06. The fourth-order valence-corrected chi connectivity index (χ4v) is 3.56. The lowest BCUT2D eigenvalue weighted by atomic mass is 10.0. The maximum absolute atomic E-state index is 13.4. The number of carbonyl (C=O) groups is 2. The van der Waals surface area contributed by atoms with Gasteiger partial charge in [-0.2, -0.15) is 0 Å². The van der Waals surface area contributed by atoms with Crippen LogP contribution in [0.4, 0.5) is 5.69 Å². The van der Waals surface area contributed by atoms with Gasteiger partial charge in [0.15, 0.2) is 11.5 Å². The number of imide groups is 1. The molecule has 182 valence electrons. The van der Waals surface area contributed by atoms with Crippen LogP contribution in [-0.2, 0) is 14.3 Å². The van der Waals surface area contributed by atoms with Crippen LogP contribution in [0.25, 0.3) is 5.57 Å². The van der Waals surface area contributed by atoms with Crippen LogP contribution in [0, 0.1) is 0 Å². The Morgan fingerprint density at radius 3 is 2.38 bits per heavy atom. The molecular weight excluding hydrogens is 436 g/mol. The van der Waals surface area contributed by atoms with E-state index in [0.29, 0.717) is 35.1 Å². The van der Waals surface area contributed by atoms with Crippen molar-refractivity contribution >= 4 is 23.1 Å². The smallest absolute Gasteiger partial charge is 0.278 e. The number of hydrogen-bond acceptors (Lipinski definition) is 7. The van der Waals surface area contributed by atoms with Gasteiger partial charge in [-0.05, 0) is 50.1 Å². The van der Waals surface area contributed by atoms with E-state index in [9.17, 15) is 9.59 Å². The predicted molar refractivity (Wildman–Crippen MR) is 130 cm³/mol. The summed E-state index contributed by atoms with van der Waals surface area (Å²) in [6.07, 6.45) is 0.877. The third-order valence-corrected chi connectivity index (χ3v) is 5.18. The number of rotatable bonds is 12. The Labute approximate surface area is 200 Å². The molecule has 1 heterocycles. The fraction of sp³-hybridized carbons (Fsp3) is 0.385. The molecule has 0 bridgehead atoms. The molecule has 0 aromatic heterocycles. The van der Waals surface area contributed by atoms with E-state index in [4.69, 9.17) is 18.9 Å². The van der Waals surface area contributed by atoms with Gasteiger partial charge in [-0.3, -0.25) is 14.5 Å². The van der Waals surface area contributed by atoms with E-state index in [0.717, 1.165) is 6.42 Å². The molecule has 2 amide bonds. The Kier molecular flexibility index (Phi) is 8.54. The minimum absolute atomic E-state index is 0.00505. The lowest BCUT2D eigenvalue weighted by molar-refractivity contribution is -0.137. The third kappa shape index (κ3) is 5.69. The van der Waals surface area contributed by atoms with Gasteiger partial charge in [0.1, 0.15) is 11.4 Å². The minimum atomic E-state index is -0.415. The van der Waals surface area contributed by atoms with E-state index in [1.807, 2.05) is 39.0 Å². The van der Waals surface area contributed by atoms with Crippen LogP contribution in [0.2, 0.25) is 0 Å². The van der Waals surface area contributed by atoms with Crippen molar-refractivity contribution in [3.63, 3.8) is 0 Å². The molecule has 34 heavy (non-hydrogen) atoms. The maximum Gasteiger partial charge on any atom is 0.278 e. The second kappa shape index (κ2) is 11.6. The molecule has 2 aromatic carbocycles. The Morgan fingerprint density at radius 1 is 0.941 bits per heavy atom. The summed E-state index contributed by atoms with van der Waals surface area (Å²) in [5.41, 5.74) is 1.64. The molecule has 1 aliphatic heterocycles. The molecule has 0 spiro atoms. The van der Waals surface area contributed by atoms with Crippen LogP contribution in [0.3, 0.4) is 0 Å². The van der Waals surface area contributed by atoms with Crippen LogP contribution in [0.5, 0.6) is 17.2 Å². The number of nitrogens with zero attached hydrogens (tertiary/aromatic N) is 1. The largest absolute Gasteiger partial charge is 0.494 e. The molecule has 0 atom stereocenters. The van der Waals surface area contributed by atoms with Crippen LogP contribution in [0.15, 0.2) is 48.2 Å². The van der Waals surface area contributed by atoms with Crippen molar-refractivity contribution < 1.29 is 28.5 Å². The number of nitrogens with one attached hydrogen (secondary N) is 1. The van der Waals surface area contributed by atoms with E-state index >= 15 is 0 Å². The van der Waals surface area contributed by atoms with Gasteiger partial charge in [-0.15, -0.1) is 0 Å². The molecule has 3 rings (SSSR count). The lowest BCUT2D eigenvalue weighted by Gasteiger charge is -2.16. The van der Waals surface area contributed by atoms with E-state index in [-0.39, 0.29) is 30.5 Å². The number of amides is 2.